The second-order valence-electron chi connectivity index (χ2n) is 6.77. The largest absolute Gasteiger partial charge is 0.347 e. The van der Waals surface area contributed by atoms with Gasteiger partial charge in [-0.1, -0.05) is 6.92 Å². The Hall–Kier alpha value is -0.810. The Morgan fingerprint density at radius 3 is 2.59 bits per heavy atom. The molecule has 2 aliphatic heterocycles. The van der Waals surface area contributed by atoms with E-state index in [0.29, 0.717) is 18.3 Å². The molecule has 2 aliphatic rings. The summed E-state index contributed by atoms with van der Waals surface area (Å²) in [7, 11) is 3.53. The summed E-state index contributed by atoms with van der Waals surface area (Å²) in [4.78, 5) is 28.2. The molecular formula is C16H30ClN3O2. The molecule has 0 aromatic heterocycles. The predicted molar refractivity (Wildman–Crippen MR) is 90.1 cm³/mol. The van der Waals surface area contributed by atoms with Crippen molar-refractivity contribution in [3.05, 3.63) is 0 Å². The Morgan fingerprint density at radius 2 is 2.00 bits per heavy atom. The number of hydrogen-bond donors (Lipinski definition) is 1. The van der Waals surface area contributed by atoms with Crippen LogP contribution in [-0.2, 0) is 9.59 Å². The van der Waals surface area contributed by atoms with Crippen LogP contribution >= 0.6 is 12.4 Å². The van der Waals surface area contributed by atoms with E-state index in [2.05, 4.69) is 12.2 Å². The molecule has 0 aliphatic carbocycles. The van der Waals surface area contributed by atoms with Crippen molar-refractivity contribution in [1.29, 1.82) is 0 Å². The third-order valence-corrected chi connectivity index (χ3v) is 4.94. The highest BCUT2D eigenvalue weighted by atomic mass is 35.5. The molecule has 22 heavy (non-hydrogen) atoms. The zero-order chi connectivity index (χ0) is 15.4. The van der Waals surface area contributed by atoms with Crippen molar-refractivity contribution in [2.75, 3.05) is 33.7 Å². The average molecular weight is 332 g/mol. The summed E-state index contributed by atoms with van der Waals surface area (Å²) < 4.78 is 0. The van der Waals surface area contributed by atoms with Gasteiger partial charge < -0.3 is 15.1 Å². The maximum Gasteiger partial charge on any atom is 0.244 e. The Bertz CT molecular complexity index is 384. The van der Waals surface area contributed by atoms with E-state index in [9.17, 15) is 9.59 Å². The van der Waals surface area contributed by atoms with Gasteiger partial charge in [0.25, 0.3) is 0 Å². The van der Waals surface area contributed by atoms with Crippen molar-refractivity contribution in [1.82, 2.24) is 15.1 Å². The zero-order valence-electron chi connectivity index (χ0n) is 14.0. The molecule has 0 aromatic rings. The number of hydrogen-bond acceptors (Lipinski definition) is 3. The fourth-order valence-corrected chi connectivity index (χ4v) is 3.54. The number of amides is 2. The topological polar surface area (TPSA) is 52.7 Å². The first-order valence-corrected chi connectivity index (χ1v) is 8.22. The van der Waals surface area contributed by atoms with Crippen molar-refractivity contribution >= 4 is 24.2 Å². The fourth-order valence-electron chi connectivity index (χ4n) is 3.54. The van der Waals surface area contributed by atoms with Crippen LogP contribution in [0.2, 0.25) is 0 Å². The Balaban J connectivity index is 0.00000242. The number of nitrogens with zero attached hydrogens (tertiary/aromatic N) is 2. The van der Waals surface area contributed by atoms with Gasteiger partial charge >= 0.3 is 0 Å². The molecule has 0 radical (unpaired) electrons. The number of nitrogens with one attached hydrogen (secondary N) is 1. The molecular weight excluding hydrogens is 302 g/mol. The molecule has 2 saturated heterocycles. The fraction of sp³-hybridized carbons (Fsp3) is 0.875. The lowest BCUT2D eigenvalue weighted by atomic mass is 9.85. The summed E-state index contributed by atoms with van der Waals surface area (Å²) in [5.41, 5.74) is 0. The standard InChI is InChI=1S/C16H29N3O2.ClH/c1-12(13-6-4-8-17-11-13)10-15(20)19-9-5-7-14(19)16(21)18(2)3;/h12-14,17H,4-11H2,1-3H3;1H. The maximum atomic E-state index is 12.6. The van der Waals surface area contributed by atoms with E-state index in [1.54, 1.807) is 19.0 Å². The lowest BCUT2D eigenvalue weighted by molar-refractivity contribution is -0.143. The molecule has 6 heteroatoms. The minimum atomic E-state index is -0.232. The minimum Gasteiger partial charge on any atom is -0.347 e. The number of halogens is 1. The molecule has 0 spiro atoms. The molecule has 2 fully saturated rings. The highest BCUT2D eigenvalue weighted by Gasteiger charge is 2.35. The number of carbonyl (C=O) groups excluding carboxylic acids is 2. The third-order valence-electron chi connectivity index (χ3n) is 4.94. The van der Waals surface area contributed by atoms with Crippen LogP contribution in [-0.4, -0.2) is 61.4 Å². The van der Waals surface area contributed by atoms with E-state index in [4.69, 9.17) is 0 Å². The van der Waals surface area contributed by atoms with Crippen LogP contribution in [0.15, 0.2) is 0 Å². The third kappa shape index (κ3) is 4.59. The van der Waals surface area contributed by atoms with E-state index < -0.39 is 0 Å². The molecule has 0 aromatic carbocycles. The molecule has 3 atom stereocenters. The van der Waals surface area contributed by atoms with Gasteiger partial charge in [-0.25, -0.2) is 0 Å². The highest BCUT2D eigenvalue weighted by molar-refractivity contribution is 5.88. The van der Waals surface area contributed by atoms with Gasteiger partial charge in [-0.3, -0.25) is 9.59 Å². The van der Waals surface area contributed by atoms with Gasteiger partial charge in [0.1, 0.15) is 6.04 Å². The van der Waals surface area contributed by atoms with E-state index in [0.717, 1.165) is 32.5 Å². The van der Waals surface area contributed by atoms with Crippen LogP contribution in [0.4, 0.5) is 0 Å². The molecule has 2 rings (SSSR count). The van der Waals surface area contributed by atoms with Gasteiger partial charge in [-0.05, 0) is 50.6 Å². The molecule has 3 unspecified atom stereocenters. The second-order valence-corrected chi connectivity index (χ2v) is 6.77. The second kappa shape index (κ2) is 8.73. The van der Waals surface area contributed by atoms with Crippen LogP contribution in [0.25, 0.3) is 0 Å². The van der Waals surface area contributed by atoms with Crippen LogP contribution in [0.5, 0.6) is 0 Å². The first-order chi connectivity index (χ1) is 10.0. The van der Waals surface area contributed by atoms with Crippen molar-refractivity contribution in [3.63, 3.8) is 0 Å². The molecule has 128 valence electrons. The van der Waals surface area contributed by atoms with Crippen LogP contribution < -0.4 is 5.32 Å². The lowest BCUT2D eigenvalue weighted by Gasteiger charge is -2.31. The number of rotatable bonds is 4. The normalized spacial score (nSPS) is 26.2. The predicted octanol–water partition coefficient (Wildman–Crippen LogP) is 1.51. The van der Waals surface area contributed by atoms with Gasteiger partial charge in [-0.2, -0.15) is 0 Å². The Morgan fingerprint density at radius 1 is 1.27 bits per heavy atom. The molecule has 0 bridgehead atoms. The maximum absolute atomic E-state index is 12.6. The van der Waals surface area contributed by atoms with Crippen LogP contribution in [0.3, 0.4) is 0 Å². The quantitative estimate of drug-likeness (QED) is 0.849. The zero-order valence-corrected chi connectivity index (χ0v) is 14.8. The Kier molecular flexibility index (Phi) is 7.63. The summed E-state index contributed by atoms with van der Waals surface area (Å²) >= 11 is 0. The summed E-state index contributed by atoms with van der Waals surface area (Å²) in [5, 5.41) is 3.41. The molecule has 2 amide bonds. The number of likely N-dealkylation sites (N-methyl/N-ethyl adjacent to an activating group) is 1. The van der Waals surface area contributed by atoms with Crippen molar-refractivity contribution < 1.29 is 9.59 Å². The van der Waals surface area contributed by atoms with Gasteiger partial charge in [0.2, 0.25) is 11.8 Å². The van der Waals surface area contributed by atoms with Gasteiger partial charge in [0.05, 0.1) is 0 Å². The smallest absolute Gasteiger partial charge is 0.244 e. The van der Waals surface area contributed by atoms with Crippen molar-refractivity contribution in [3.8, 4) is 0 Å². The van der Waals surface area contributed by atoms with Gasteiger partial charge in [-0.15, -0.1) is 12.4 Å². The average Bonchev–Trinajstić information content (AvgIpc) is 2.96. The molecule has 1 N–H and O–H groups in total. The summed E-state index contributed by atoms with van der Waals surface area (Å²) in [6.07, 6.45) is 4.73. The number of likely N-dealkylation sites (tertiary alicyclic amines) is 1. The molecule has 5 nitrogen and oxygen atoms in total. The molecule has 0 saturated carbocycles. The SMILES string of the molecule is CC(CC(=O)N1CCCC1C(=O)N(C)C)C1CCCNC1.Cl. The van der Waals surface area contributed by atoms with Crippen molar-refractivity contribution in [2.45, 2.75) is 45.1 Å². The van der Waals surface area contributed by atoms with E-state index >= 15 is 0 Å². The molecule has 2 heterocycles. The van der Waals surface area contributed by atoms with E-state index in [1.165, 1.54) is 12.8 Å². The summed E-state index contributed by atoms with van der Waals surface area (Å²) in [6, 6.07) is -0.232. The number of piperidine rings is 1. The van der Waals surface area contributed by atoms with Gasteiger partial charge in [0, 0.05) is 27.1 Å². The lowest BCUT2D eigenvalue weighted by Crippen LogP contribution is -2.46. The van der Waals surface area contributed by atoms with Crippen molar-refractivity contribution in [2.24, 2.45) is 11.8 Å². The van der Waals surface area contributed by atoms with E-state index in [-0.39, 0.29) is 30.3 Å². The number of carbonyl (C=O) groups is 2. The first-order valence-electron chi connectivity index (χ1n) is 8.22. The van der Waals surface area contributed by atoms with Gasteiger partial charge in [0.15, 0.2) is 0 Å². The highest BCUT2D eigenvalue weighted by Crippen LogP contribution is 2.26. The first kappa shape index (κ1) is 19.2. The summed E-state index contributed by atoms with van der Waals surface area (Å²) in [5.74, 6) is 1.20. The summed E-state index contributed by atoms with van der Waals surface area (Å²) in [6.45, 7) is 5.03. The van der Waals surface area contributed by atoms with Crippen LogP contribution in [0.1, 0.15) is 39.0 Å². The Labute approximate surface area is 140 Å². The minimum absolute atomic E-state index is 0. The van der Waals surface area contributed by atoms with Crippen LogP contribution in [0, 0.1) is 11.8 Å². The monoisotopic (exact) mass is 331 g/mol. The van der Waals surface area contributed by atoms with E-state index in [1.807, 2.05) is 4.90 Å².